The van der Waals surface area contributed by atoms with Gasteiger partial charge in [-0.05, 0) is 23.8 Å². The largest absolute Gasteiger partial charge is 0.478 e. The van der Waals surface area contributed by atoms with Crippen LogP contribution in [0.3, 0.4) is 0 Å². The maximum Gasteiger partial charge on any atom is 0.329 e. The van der Waals surface area contributed by atoms with E-state index in [0.29, 0.717) is 10.6 Å². The van der Waals surface area contributed by atoms with Crippen molar-refractivity contribution in [1.82, 2.24) is 0 Å². The van der Waals surface area contributed by atoms with E-state index in [-0.39, 0.29) is 16.2 Å². The fourth-order valence-corrected chi connectivity index (χ4v) is 2.11. The molecular formula is C16H10Cl2O3. The number of rotatable bonds is 4. The van der Waals surface area contributed by atoms with Gasteiger partial charge in [-0.2, -0.15) is 0 Å². The topological polar surface area (TPSA) is 54.4 Å². The number of benzene rings is 2. The number of carbonyl (C=O) groups is 2. The lowest BCUT2D eigenvalue weighted by atomic mass is 9.96. The molecule has 2 aromatic rings. The Kier molecular flexibility index (Phi) is 4.78. The van der Waals surface area contributed by atoms with Gasteiger partial charge in [-0.15, -0.1) is 0 Å². The van der Waals surface area contributed by atoms with Crippen LogP contribution in [0, 0.1) is 0 Å². The van der Waals surface area contributed by atoms with E-state index in [1.807, 2.05) is 0 Å². The van der Waals surface area contributed by atoms with E-state index in [1.165, 1.54) is 18.2 Å². The number of ketones is 1. The van der Waals surface area contributed by atoms with E-state index in [2.05, 4.69) is 0 Å². The molecule has 0 saturated heterocycles. The lowest BCUT2D eigenvalue weighted by Crippen LogP contribution is -2.05. The Morgan fingerprint density at radius 3 is 2.14 bits per heavy atom. The Bertz CT molecular complexity index is 722. The van der Waals surface area contributed by atoms with E-state index < -0.39 is 11.8 Å². The minimum Gasteiger partial charge on any atom is -0.478 e. The molecular weight excluding hydrogens is 311 g/mol. The fourth-order valence-electron chi connectivity index (χ4n) is 1.81. The number of carboxylic acid groups (broad SMARTS) is 1. The highest BCUT2D eigenvalue weighted by molar-refractivity contribution is 6.42. The summed E-state index contributed by atoms with van der Waals surface area (Å²) < 4.78 is 0. The van der Waals surface area contributed by atoms with Gasteiger partial charge in [0.2, 0.25) is 0 Å². The zero-order valence-corrected chi connectivity index (χ0v) is 12.2. The molecule has 3 nitrogen and oxygen atoms in total. The number of aliphatic carboxylic acids is 1. The van der Waals surface area contributed by atoms with Crippen molar-refractivity contribution in [3.63, 3.8) is 0 Å². The van der Waals surface area contributed by atoms with E-state index in [9.17, 15) is 9.59 Å². The van der Waals surface area contributed by atoms with Crippen LogP contribution >= 0.6 is 23.2 Å². The van der Waals surface area contributed by atoms with Crippen molar-refractivity contribution in [2.45, 2.75) is 0 Å². The van der Waals surface area contributed by atoms with Gasteiger partial charge in [0.1, 0.15) is 0 Å². The van der Waals surface area contributed by atoms with E-state index in [4.69, 9.17) is 28.3 Å². The average molecular weight is 321 g/mol. The lowest BCUT2D eigenvalue weighted by Gasteiger charge is -2.07. The molecule has 0 aliphatic heterocycles. The molecule has 2 aromatic carbocycles. The minimum absolute atomic E-state index is 0.0847. The molecule has 0 radical (unpaired) electrons. The average Bonchev–Trinajstić information content (AvgIpc) is 2.47. The minimum atomic E-state index is -1.19. The summed E-state index contributed by atoms with van der Waals surface area (Å²) in [7, 11) is 0. The van der Waals surface area contributed by atoms with Crippen LogP contribution in [0.1, 0.15) is 15.9 Å². The molecule has 0 unspecified atom stereocenters. The van der Waals surface area contributed by atoms with E-state index in [0.717, 1.165) is 6.08 Å². The van der Waals surface area contributed by atoms with Crippen LogP contribution in [0.4, 0.5) is 0 Å². The van der Waals surface area contributed by atoms with Crippen molar-refractivity contribution in [2.75, 3.05) is 0 Å². The highest BCUT2D eigenvalue weighted by Crippen LogP contribution is 2.26. The summed E-state index contributed by atoms with van der Waals surface area (Å²) in [6, 6.07) is 13.0. The molecule has 0 aliphatic rings. The number of carbonyl (C=O) groups excluding carboxylic acids is 1. The van der Waals surface area contributed by atoms with Crippen molar-refractivity contribution in [1.29, 1.82) is 0 Å². The van der Waals surface area contributed by atoms with Crippen molar-refractivity contribution < 1.29 is 14.7 Å². The zero-order chi connectivity index (χ0) is 15.4. The molecule has 2 rings (SSSR count). The smallest absolute Gasteiger partial charge is 0.329 e. The number of halogens is 2. The van der Waals surface area contributed by atoms with Gasteiger partial charge in [0.05, 0.1) is 10.0 Å². The summed E-state index contributed by atoms with van der Waals surface area (Å²) in [5.74, 6) is -1.62. The SMILES string of the molecule is O=C(O)/C=C(/C(=O)c1ccc(Cl)c(Cl)c1)c1ccccc1. The van der Waals surface area contributed by atoms with Crippen molar-refractivity contribution in [3.05, 3.63) is 75.8 Å². The summed E-state index contributed by atoms with van der Waals surface area (Å²) >= 11 is 11.7. The maximum absolute atomic E-state index is 12.5. The molecule has 0 spiro atoms. The van der Waals surface area contributed by atoms with Crippen molar-refractivity contribution in [3.8, 4) is 0 Å². The number of carboxylic acids is 1. The van der Waals surface area contributed by atoms with Gasteiger partial charge < -0.3 is 5.11 Å². The van der Waals surface area contributed by atoms with Crippen LogP contribution in [-0.2, 0) is 4.79 Å². The molecule has 0 aromatic heterocycles. The predicted molar refractivity (Wildman–Crippen MR) is 82.8 cm³/mol. The van der Waals surface area contributed by atoms with Crippen LogP contribution in [0.15, 0.2) is 54.6 Å². The Hall–Kier alpha value is -2.10. The van der Waals surface area contributed by atoms with Crippen LogP contribution < -0.4 is 0 Å². The highest BCUT2D eigenvalue weighted by Gasteiger charge is 2.16. The van der Waals surface area contributed by atoms with Gasteiger partial charge in [-0.3, -0.25) is 4.79 Å². The molecule has 0 amide bonds. The number of Topliss-reactive ketones (excluding diaryl/α,β-unsaturated/α-hetero) is 1. The molecule has 0 heterocycles. The third kappa shape index (κ3) is 3.72. The monoisotopic (exact) mass is 320 g/mol. The molecule has 0 bridgehead atoms. The van der Waals surface area contributed by atoms with E-state index in [1.54, 1.807) is 30.3 Å². The number of hydrogen-bond donors (Lipinski definition) is 1. The maximum atomic E-state index is 12.5. The van der Waals surface area contributed by atoms with Crippen LogP contribution in [-0.4, -0.2) is 16.9 Å². The molecule has 5 heteroatoms. The quantitative estimate of drug-likeness (QED) is 0.673. The van der Waals surface area contributed by atoms with Crippen LogP contribution in [0.25, 0.3) is 5.57 Å². The molecule has 106 valence electrons. The predicted octanol–water partition coefficient (Wildman–Crippen LogP) is 4.34. The van der Waals surface area contributed by atoms with Gasteiger partial charge in [-0.25, -0.2) is 4.79 Å². The molecule has 0 fully saturated rings. The van der Waals surface area contributed by atoms with Gasteiger partial charge >= 0.3 is 5.97 Å². The summed E-state index contributed by atoms with van der Waals surface area (Å²) in [5.41, 5.74) is 0.887. The summed E-state index contributed by atoms with van der Waals surface area (Å²) in [6.07, 6.45) is 0.889. The summed E-state index contributed by atoms with van der Waals surface area (Å²) in [6.45, 7) is 0. The molecule has 0 atom stereocenters. The van der Waals surface area contributed by atoms with Gasteiger partial charge in [0.25, 0.3) is 0 Å². The first-order valence-corrected chi connectivity index (χ1v) is 6.74. The van der Waals surface area contributed by atoms with Gasteiger partial charge in [0.15, 0.2) is 5.78 Å². The Balaban J connectivity index is 2.49. The third-order valence-corrected chi connectivity index (χ3v) is 3.52. The van der Waals surface area contributed by atoms with Crippen molar-refractivity contribution >= 4 is 40.5 Å². The molecule has 0 saturated carbocycles. The van der Waals surface area contributed by atoms with Gasteiger partial charge in [0, 0.05) is 17.2 Å². The first-order valence-electron chi connectivity index (χ1n) is 5.99. The van der Waals surface area contributed by atoms with Crippen LogP contribution in [0.2, 0.25) is 10.0 Å². The lowest BCUT2D eigenvalue weighted by molar-refractivity contribution is -0.131. The number of hydrogen-bond acceptors (Lipinski definition) is 2. The van der Waals surface area contributed by atoms with Crippen LogP contribution in [0.5, 0.6) is 0 Å². The number of allylic oxidation sites excluding steroid dienone is 1. The van der Waals surface area contributed by atoms with Crippen molar-refractivity contribution in [2.24, 2.45) is 0 Å². The second-order valence-corrected chi connectivity index (χ2v) is 5.03. The molecule has 21 heavy (non-hydrogen) atoms. The van der Waals surface area contributed by atoms with Gasteiger partial charge in [-0.1, -0.05) is 53.5 Å². The Morgan fingerprint density at radius 2 is 1.57 bits per heavy atom. The second kappa shape index (κ2) is 6.57. The standard InChI is InChI=1S/C16H10Cl2O3/c17-13-7-6-11(8-14(13)18)16(21)12(9-15(19)20)10-4-2-1-3-5-10/h1-9H,(H,19,20)/b12-9+. The zero-order valence-electron chi connectivity index (χ0n) is 10.7. The third-order valence-electron chi connectivity index (χ3n) is 2.78. The fraction of sp³-hybridized carbons (Fsp3) is 0. The first-order chi connectivity index (χ1) is 9.99. The summed E-state index contributed by atoms with van der Waals surface area (Å²) in [5, 5.41) is 9.54. The molecule has 0 aliphatic carbocycles. The second-order valence-electron chi connectivity index (χ2n) is 4.22. The summed E-state index contributed by atoms with van der Waals surface area (Å²) in [4.78, 5) is 23.5. The van der Waals surface area contributed by atoms with E-state index >= 15 is 0 Å². The Labute approximate surface area is 131 Å². The highest BCUT2D eigenvalue weighted by atomic mass is 35.5. The first kappa shape index (κ1) is 15.3. The Morgan fingerprint density at radius 1 is 0.905 bits per heavy atom. The normalized spacial score (nSPS) is 11.2. The molecule has 1 N–H and O–H groups in total.